The lowest BCUT2D eigenvalue weighted by Gasteiger charge is -2.52. The normalized spacial score (nSPS) is 44.0. The van der Waals surface area contributed by atoms with Crippen LogP contribution in [-0.4, -0.2) is 5.78 Å². The van der Waals surface area contributed by atoms with E-state index in [1.165, 1.54) is 32.1 Å². The Morgan fingerprint density at radius 2 is 1.72 bits per heavy atom. The Bertz CT molecular complexity index is 518. The Kier molecular flexibility index (Phi) is 5.52. The van der Waals surface area contributed by atoms with Gasteiger partial charge in [-0.2, -0.15) is 0 Å². The van der Waals surface area contributed by atoms with Crippen LogP contribution in [0.1, 0.15) is 80.1 Å². The lowest BCUT2D eigenvalue weighted by atomic mass is 9.52. The average Bonchev–Trinajstić information content (AvgIpc) is 2.92. The zero-order valence-corrected chi connectivity index (χ0v) is 17.4. The fraction of sp³-hybridized carbons (Fsp3) is 0.875. The van der Waals surface area contributed by atoms with Crippen molar-refractivity contribution in [3.63, 3.8) is 0 Å². The summed E-state index contributed by atoms with van der Waals surface area (Å²) < 4.78 is 0. The zero-order valence-electron chi connectivity index (χ0n) is 17.4. The number of fused-ring (bicyclic) bond motifs is 3. The van der Waals surface area contributed by atoms with Crippen LogP contribution in [0.15, 0.2) is 12.2 Å². The molecule has 3 aliphatic rings. The smallest absolute Gasteiger partial charge is 0.135 e. The summed E-state index contributed by atoms with van der Waals surface area (Å²) in [6.45, 7) is 14.3. The van der Waals surface area contributed by atoms with Crippen molar-refractivity contribution in [2.75, 3.05) is 0 Å². The molecule has 0 aromatic rings. The number of allylic oxidation sites excluding steroid dienone is 2. The maximum Gasteiger partial charge on any atom is 0.135 e. The van der Waals surface area contributed by atoms with Crippen molar-refractivity contribution >= 4 is 5.78 Å². The molecular formula is C24H40O. The van der Waals surface area contributed by atoms with E-state index in [1.807, 2.05) is 0 Å². The maximum absolute atomic E-state index is 12.2. The lowest BCUT2D eigenvalue weighted by Crippen LogP contribution is -2.47. The first-order valence-corrected chi connectivity index (χ1v) is 11.0. The topological polar surface area (TPSA) is 17.1 Å². The number of ketones is 1. The summed E-state index contributed by atoms with van der Waals surface area (Å²) in [5.74, 6) is 6.17. The van der Waals surface area contributed by atoms with E-state index in [0.717, 1.165) is 30.1 Å². The fourth-order valence-corrected chi connectivity index (χ4v) is 6.74. The van der Waals surface area contributed by atoms with Crippen molar-refractivity contribution in [1.29, 1.82) is 0 Å². The van der Waals surface area contributed by atoms with Gasteiger partial charge in [0.1, 0.15) is 5.78 Å². The van der Waals surface area contributed by atoms with Crippen molar-refractivity contribution in [2.45, 2.75) is 80.1 Å². The van der Waals surface area contributed by atoms with Gasteiger partial charge < -0.3 is 0 Å². The van der Waals surface area contributed by atoms with Crippen LogP contribution in [0.5, 0.6) is 0 Å². The second-order valence-corrected chi connectivity index (χ2v) is 10.3. The molecule has 8 atom stereocenters. The SMILES string of the molecule is CC(C)[C@@H](C)/C=C/[C@@H](C)[C@@H]1CC[C@@H]2[C@H]3CCC(=O)[C@@H](C)[C@H]3CC[C@]21C. The van der Waals surface area contributed by atoms with Gasteiger partial charge in [0.25, 0.3) is 0 Å². The molecule has 1 nitrogen and oxygen atoms in total. The zero-order chi connectivity index (χ0) is 18.4. The van der Waals surface area contributed by atoms with Gasteiger partial charge in [0.05, 0.1) is 0 Å². The summed E-state index contributed by atoms with van der Waals surface area (Å²) in [6.07, 6.45) is 12.5. The predicted octanol–water partition coefficient (Wildman–Crippen LogP) is 6.53. The highest BCUT2D eigenvalue weighted by atomic mass is 16.1. The van der Waals surface area contributed by atoms with E-state index in [0.29, 0.717) is 34.9 Å². The second-order valence-electron chi connectivity index (χ2n) is 10.3. The molecule has 0 bridgehead atoms. The number of hydrogen-bond acceptors (Lipinski definition) is 1. The Labute approximate surface area is 156 Å². The largest absolute Gasteiger partial charge is 0.299 e. The molecule has 3 aliphatic carbocycles. The van der Waals surface area contributed by atoms with Crippen molar-refractivity contribution < 1.29 is 4.79 Å². The molecule has 0 aliphatic heterocycles. The van der Waals surface area contributed by atoms with Crippen molar-refractivity contribution in [3.05, 3.63) is 12.2 Å². The Morgan fingerprint density at radius 3 is 2.40 bits per heavy atom. The van der Waals surface area contributed by atoms with E-state index in [-0.39, 0.29) is 0 Å². The minimum atomic E-state index is 0.326. The number of rotatable bonds is 4. The van der Waals surface area contributed by atoms with Gasteiger partial charge in [-0.3, -0.25) is 4.79 Å². The molecule has 0 heterocycles. The van der Waals surface area contributed by atoms with Crippen LogP contribution in [0, 0.1) is 52.8 Å². The summed E-state index contributed by atoms with van der Waals surface area (Å²) in [4.78, 5) is 12.2. The van der Waals surface area contributed by atoms with Gasteiger partial charge in [0.15, 0.2) is 0 Å². The molecule has 1 heteroatoms. The molecule has 0 radical (unpaired) electrons. The minimum Gasteiger partial charge on any atom is -0.299 e. The first kappa shape index (κ1) is 19.2. The van der Waals surface area contributed by atoms with Gasteiger partial charge in [-0.25, -0.2) is 0 Å². The summed E-state index contributed by atoms with van der Waals surface area (Å²) >= 11 is 0. The quantitative estimate of drug-likeness (QED) is 0.530. The van der Waals surface area contributed by atoms with E-state index in [2.05, 4.69) is 53.7 Å². The van der Waals surface area contributed by atoms with Gasteiger partial charge in [0, 0.05) is 12.3 Å². The first-order valence-electron chi connectivity index (χ1n) is 11.0. The van der Waals surface area contributed by atoms with Crippen LogP contribution in [0.2, 0.25) is 0 Å². The van der Waals surface area contributed by atoms with Crippen LogP contribution in [0.3, 0.4) is 0 Å². The monoisotopic (exact) mass is 344 g/mol. The Hall–Kier alpha value is -0.590. The Morgan fingerprint density at radius 1 is 1.00 bits per heavy atom. The van der Waals surface area contributed by atoms with Crippen molar-refractivity contribution in [1.82, 2.24) is 0 Å². The van der Waals surface area contributed by atoms with Crippen LogP contribution < -0.4 is 0 Å². The molecule has 25 heavy (non-hydrogen) atoms. The number of carbonyl (C=O) groups excluding carboxylic acids is 1. The molecular weight excluding hydrogens is 304 g/mol. The number of Topliss-reactive ketones (excluding diaryl/α,β-unsaturated/α-hetero) is 1. The third-order valence-corrected chi connectivity index (χ3v) is 8.84. The molecule has 3 fully saturated rings. The van der Waals surface area contributed by atoms with E-state index in [4.69, 9.17) is 0 Å². The van der Waals surface area contributed by atoms with Gasteiger partial charge in [0.2, 0.25) is 0 Å². The lowest BCUT2D eigenvalue weighted by molar-refractivity contribution is -0.132. The maximum atomic E-state index is 12.2. The molecule has 0 spiro atoms. The van der Waals surface area contributed by atoms with Crippen LogP contribution in [0.4, 0.5) is 0 Å². The summed E-state index contributed by atoms with van der Waals surface area (Å²) in [5.41, 5.74) is 0.506. The highest BCUT2D eigenvalue weighted by Crippen LogP contribution is 2.63. The summed E-state index contributed by atoms with van der Waals surface area (Å²) in [7, 11) is 0. The standard InChI is InChI=1S/C24H40O/c1-15(2)16(3)7-8-17(4)21-10-11-22-20-9-12-23(25)18(5)19(20)13-14-24(21,22)6/h7-8,15-22H,9-14H2,1-6H3/b8-7+/t16-,17+,18-,19+,20-,21-,22+,24-/m0/s1. The minimum absolute atomic E-state index is 0.326. The average molecular weight is 345 g/mol. The van der Waals surface area contributed by atoms with E-state index >= 15 is 0 Å². The number of hydrogen-bond donors (Lipinski definition) is 0. The van der Waals surface area contributed by atoms with E-state index in [9.17, 15) is 4.79 Å². The fourth-order valence-electron chi connectivity index (χ4n) is 6.74. The predicted molar refractivity (Wildman–Crippen MR) is 106 cm³/mol. The van der Waals surface area contributed by atoms with E-state index in [1.54, 1.807) is 0 Å². The van der Waals surface area contributed by atoms with E-state index < -0.39 is 0 Å². The van der Waals surface area contributed by atoms with Gasteiger partial charge in [-0.05, 0) is 78.9 Å². The molecule has 0 unspecified atom stereocenters. The van der Waals surface area contributed by atoms with Crippen LogP contribution in [0.25, 0.3) is 0 Å². The molecule has 0 aromatic carbocycles. The molecule has 3 saturated carbocycles. The highest BCUT2D eigenvalue weighted by molar-refractivity contribution is 5.81. The van der Waals surface area contributed by atoms with Crippen LogP contribution >= 0.6 is 0 Å². The second kappa shape index (κ2) is 7.20. The third-order valence-electron chi connectivity index (χ3n) is 8.84. The van der Waals surface area contributed by atoms with Crippen LogP contribution in [-0.2, 0) is 4.79 Å². The first-order chi connectivity index (χ1) is 11.8. The van der Waals surface area contributed by atoms with Gasteiger partial charge >= 0.3 is 0 Å². The summed E-state index contributed by atoms with van der Waals surface area (Å²) in [5, 5.41) is 0. The molecule has 0 N–H and O–H groups in total. The Balaban J connectivity index is 1.73. The van der Waals surface area contributed by atoms with Gasteiger partial charge in [-0.15, -0.1) is 0 Å². The summed E-state index contributed by atoms with van der Waals surface area (Å²) in [6, 6.07) is 0. The van der Waals surface area contributed by atoms with Gasteiger partial charge in [-0.1, -0.05) is 53.7 Å². The molecule has 0 amide bonds. The molecule has 142 valence electrons. The molecule has 0 aromatic heterocycles. The van der Waals surface area contributed by atoms with Crippen molar-refractivity contribution in [2.24, 2.45) is 52.8 Å². The number of carbonyl (C=O) groups is 1. The highest BCUT2D eigenvalue weighted by Gasteiger charge is 2.56. The molecule has 3 rings (SSSR count). The van der Waals surface area contributed by atoms with Crippen molar-refractivity contribution in [3.8, 4) is 0 Å². The third kappa shape index (κ3) is 3.37. The molecule has 0 saturated heterocycles.